The first kappa shape index (κ1) is 15.8. The normalized spacial score (nSPS) is 35.8. The standard InChI is InChI=1S/C18H22F2N2O2/c1-18(2)15(9-6-7-24-16(9)18)22-17(23)21-13-8-10(13)14-11(19)4-3-5-12(14)20/h3-5,9-10,13,15-16H,6-8H2,1-2H3,(H2,21,22,23)/t9-,10-,13+,15+,16+/m0/s1. The highest BCUT2D eigenvalue weighted by Crippen LogP contribution is 2.52. The SMILES string of the molecule is CC1(C)[C@H](NC(=O)N[C@@H]2C[C@@H]2c2c(F)cccc2F)[C@@H]2CCO[C@H]21. The van der Waals surface area contributed by atoms with Crippen LogP contribution in [0.2, 0.25) is 0 Å². The third kappa shape index (κ3) is 2.39. The van der Waals surface area contributed by atoms with Gasteiger partial charge >= 0.3 is 6.03 Å². The number of fused-ring (bicyclic) bond motifs is 1. The van der Waals surface area contributed by atoms with Crippen LogP contribution in [0.1, 0.15) is 38.2 Å². The fraction of sp³-hybridized carbons (Fsp3) is 0.611. The summed E-state index contributed by atoms with van der Waals surface area (Å²) in [5.41, 5.74) is -0.00456. The number of amides is 2. The molecule has 1 heterocycles. The summed E-state index contributed by atoms with van der Waals surface area (Å²) in [4.78, 5) is 12.3. The first-order valence-corrected chi connectivity index (χ1v) is 8.52. The number of carbonyl (C=O) groups is 1. The Morgan fingerprint density at radius 3 is 2.67 bits per heavy atom. The molecular weight excluding hydrogens is 314 g/mol. The molecule has 0 radical (unpaired) electrons. The number of nitrogens with one attached hydrogen (secondary N) is 2. The zero-order valence-electron chi connectivity index (χ0n) is 13.8. The van der Waals surface area contributed by atoms with Gasteiger partial charge in [0, 0.05) is 41.5 Å². The van der Waals surface area contributed by atoms with E-state index in [1.54, 1.807) is 0 Å². The number of hydrogen-bond donors (Lipinski definition) is 2. The maximum absolute atomic E-state index is 13.8. The van der Waals surface area contributed by atoms with E-state index in [9.17, 15) is 13.6 Å². The number of urea groups is 1. The smallest absolute Gasteiger partial charge is 0.315 e. The molecule has 3 fully saturated rings. The molecule has 0 spiro atoms. The van der Waals surface area contributed by atoms with Gasteiger partial charge in [0.1, 0.15) is 11.6 Å². The van der Waals surface area contributed by atoms with Crippen molar-refractivity contribution in [3.05, 3.63) is 35.4 Å². The van der Waals surface area contributed by atoms with E-state index >= 15 is 0 Å². The quantitative estimate of drug-likeness (QED) is 0.892. The predicted molar refractivity (Wildman–Crippen MR) is 84.6 cm³/mol. The van der Waals surface area contributed by atoms with Crippen LogP contribution >= 0.6 is 0 Å². The van der Waals surface area contributed by atoms with Gasteiger partial charge in [-0.1, -0.05) is 19.9 Å². The molecule has 2 amide bonds. The van der Waals surface area contributed by atoms with Crippen LogP contribution in [0.25, 0.3) is 0 Å². The molecule has 5 atom stereocenters. The van der Waals surface area contributed by atoms with E-state index in [0.29, 0.717) is 12.3 Å². The third-order valence-corrected chi connectivity index (χ3v) is 5.86. The Balaban J connectivity index is 1.35. The number of benzene rings is 1. The first-order chi connectivity index (χ1) is 11.4. The Bertz CT molecular complexity index is 659. The number of ether oxygens (including phenoxy) is 1. The molecule has 0 unspecified atom stereocenters. The van der Waals surface area contributed by atoms with Gasteiger partial charge in [-0.05, 0) is 25.0 Å². The highest BCUT2D eigenvalue weighted by molar-refractivity contribution is 5.75. The van der Waals surface area contributed by atoms with E-state index < -0.39 is 11.6 Å². The summed E-state index contributed by atoms with van der Waals surface area (Å²) in [6.07, 6.45) is 1.74. The van der Waals surface area contributed by atoms with Crippen molar-refractivity contribution < 1.29 is 18.3 Å². The van der Waals surface area contributed by atoms with E-state index in [-0.39, 0.29) is 41.1 Å². The van der Waals surface area contributed by atoms with E-state index in [0.717, 1.165) is 13.0 Å². The van der Waals surface area contributed by atoms with Crippen molar-refractivity contribution in [1.82, 2.24) is 10.6 Å². The highest BCUT2D eigenvalue weighted by atomic mass is 19.1. The van der Waals surface area contributed by atoms with Crippen molar-refractivity contribution in [2.45, 2.75) is 50.8 Å². The van der Waals surface area contributed by atoms with Gasteiger partial charge in [0.15, 0.2) is 0 Å². The second kappa shape index (κ2) is 5.41. The second-order valence-electron chi connectivity index (χ2n) is 7.74. The second-order valence-corrected chi connectivity index (χ2v) is 7.74. The fourth-order valence-corrected chi connectivity index (χ4v) is 4.51. The van der Waals surface area contributed by atoms with Gasteiger partial charge in [-0.3, -0.25) is 0 Å². The van der Waals surface area contributed by atoms with Crippen molar-refractivity contribution in [3.63, 3.8) is 0 Å². The molecule has 4 nitrogen and oxygen atoms in total. The van der Waals surface area contributed by atoms with E-state index in [4.69, 9.17) is 4.74 Å². The molecule has 2 aliphatic carbocycles. The zero-order chi connectivity index (χ0) is 17.1. The lowest BCUT2D eigenvalue weighted by Gasteiger charge is -2.54. The minimum absolute atomic E-state index is 0.0763. The number of rotatable bonds is 3. The zero-order valence-corrected chi connectivity index (χ0v) is 13.8. The van der Waals surface area contributed by atoms with Crippen LogP contribution in [0.15, 0.2) is 18.2 Å². The predicted octanol–water partition coefficient (Wildman–Crippen LogP) is 2.93. The van der Waals surface area contributed by atoms with Crippen LogP contribution in [0, 0.1) is 23.0 Å². The molecule has 1 aliphatic heterocycles. The molecule has 2 N–H and O–H groups in total. The number of halogens is 2. The van der Waals surface area contributed by atoms with Crippen LogP contribution in [0.3, 0.4) is 0 Å². The molecule has 4 rings (SSSR count). The van der Waals surface area contributed by atoms with Crippen LogP contribution in [0.5, 0.6) is 0 Å². The lowest BCUT2D eigenvalue weighted by atomic mass is 9.57. The Morgan fingerprint density at radius 1 is 1.25 bits per heavy atom. The van der Waals surface area contributed by atoms with Crippen molar-refractivity contribution >= 4 is 6.03 Å². The summed E-state index contributed by atoms with van der Waals surface area (Å²) in [7, 11) is 0. The van der Waals surface area contributed by atoms with Gasteiger partial charge in [-0.15, -0.1) is 0 Å². The lowest BCUT2D eigenvalue weighted by Crippen LogP contribution is -2.67. The Morgan fingerprint density at radius 2 is 1.96 bits per heavy atom. The van der Waals surface area contributed by atoms with Gasteiger partial charge < -0.3 is 15.4 Å². The van der Waals surface area contributed by atoms with Crippen molar-refractivity contribution in [3.8, 4) is 0 Å². The Kier molecular flexibility index (Phi) is 3.56. The van der Waals surface area contributed by atoms with Gasteiger partial charge in [0.25, 0.3) is 0 Å². The molecule has 3 aliphatic rings. The van der Waals surface area contributed by atoms with Crippen molar-refractivity contribution in [2.75, 3.05) is 6.61 Å². The molecule has 24 heavy (non-hydrogen) atoms. The molecular formula is C18H22F2N2O2. The lowest BCUT2D eigenvalue weighted by molar-refractivity contribution is -0.108. The maximum atomic E-state index is 13.8. The van der Waals surface area contributed by atoms with Crippen LogP contribution in [-0.4, -0.2) is 30.8 Å². The topological polar surface area (TPSA) is 50.4 Å². The number of carbonyl (C=O) groups excluding carboxylic acids is 1. The Hall–Kier alpha value is -1.69. The van der Waals surface area contributed by atoms with Gasteiger partial charge in [0.05, 0.1) is 6.10 Å². The summed E-state index contributed by atoms with van der Waals surface area (Å²) >= 11 is 0. The molecule has 1 aromatic rings. The monoisotopic (exact) mass is 336 g/mol. The van der Waals surface area contributed by atoms with E-state index in [1.165, 1.54) is 18.2 Å². The summed E-state index contributed by atoms with van der Waals surface area (Å²) < 4.78 is 33.3. The maximum Gasteiger partial charge on any atom is 0.315 e. The van der Waals surface area contributed by atoms with Gasteiger partial charge in [-0.2, -0.15) is 0 Å². The van der Waals surface area contributed by atoms with Crippen LogP contribution < -0.4 is 10.6 Å². The summed E-state index contributed by atoms with van der Waals surface area (Å²) in [5, 5.41) is 5.88. The first-order valence-electron chi connectivity index (χ1n) is 8.52. The molecule has 0 aromatic heterocycles. The van der Waals surface area contributed by atoms with Gasteiger partial charge in [0.2, 0.25) is 0 Å². The van der Waals surface area contributed by atoms with E-state index in [1.807, 2.05) is 0 Å². The Labute approximate surface area is 139 Å². The average molecular weight is 336 g/mol. The average Bonchev–Trinajstić information content (AvgIpc) is 3.10. The highest BCUT2D eigenvalue weighted by Gasteiger charge is 2.60. The van der Waals surface area contributed by atoms with Crippen molar-refractivity contribution in [2.24, 2.45) is 11.3 Å². The van der Waals surface area contributed by atoms with Crippen molar-refractivity contribution in [1.29, 1.82) is 0 Å². The van der Waals surface area contributed by atoms with Crippen LogP contribution in [-0.2, 0) is 4.74 Å². The van der Waals surface area contributed by atoms with Crippen LogP contribution in [0.4, 0.5) is 13.6 Å². The molecule has 130 valence electrons. The summed E-state index contributed by atoms with van der Waals surface area (Å²) in [5.74, 6) is -1.01. The minimum atomic E-state index is -0.546. The minimum Gasteiger partial charge on any atom is -0.377 e. The summed E-state index contributed by atoms with van der Waals surface area (Å²) in [6.45, 7) is 4.94. The third-order valence-electron chi connectivity index (χ3n) is 5.86. The molecule has 1 aromatic carbocycles. The molecule has 6 heteroatoms. The van der Waals surface area contributed by atoms with Gasteiger partial charge in [-0.25, -0.2) is 13.6 Å². The molecule has 1 saturated heterocycles. The molecule has 0 bridgehead atoms. The summed E-state index contributed by atoms with van der Waals surface area (Å²) in [6, 6.07) is 3.46. The fourth-order valence-electron chi connectivity index (χ4n) is 4.51. The molecule has 2 saturated carbocycles. The number of hydrogen-bond acceptors (Lipinski definition) is 2. The van der Waals surface area contributed by atoms with E-state index in [2.05, 4.69) is 24.5 Å². The largest absolute Gasteiger partial charge is 0.377 e.